The summed E-state index contributed by atoms with van der Waals surface area (Å²) in [6, 6.07) is 1.75. The molecule has 2 saturated heterocycles. The van der Waals surface area contributed by atoms with Crippen LogP contribution in [0.4, 0.5) is 0 Å². The number of rotatable bonds is 10. The first-order chi connectivity index (χ1) is 15.8. The predicted octanol–water partition coefficient (Wildman–Crippen LogP) is -1.61. The fourth-order valence-corrected chi connectivity index (χ4v) is 2.43. The Morgan fingerprint density at radius 3 is 1.59 bits per heavy atom. The van der Waals surface area contributed by atoms with E-state index in [4.69, 9.17) is 46.2 Å². The maximum absolute atomic E-state index is 11.3. The number of nitriles is 1. The number of hydrogen-bond donors (Lipinski definition) is 5. The number of carbonyl (C=O) groups is 2. The number of hydrogen-bond acceptors (Lipinski definition) is 10. The molecule has 0 saturated carbocycles. The molecule has 0 aromatic heterocycles. The van der Waals surface area contributed by atoms with Crippen molar-refractivity contribution >= 4 is 24.0 Å². The summed E-state index contributed by atoms with van der Waals surface area (Å²) in [5.74, 6) is -0.977. The standard InChI is InChI=1S/C8H12N2O3.C7H10N2O4.C2H3N.2CH4O.CH4/c1-6(2-3-11)8(5-13-8)7(12)4-10-9;8-9-3-6(12)7(4-13-7)5(11)1-2-10;1-2-3;2*1-2;/h4,6,11H,2-3,5H2,1H3;3,5,10-11H,1-2,4H2;1H3;2*2H,1H3;1H4/t6-,8-;5-,7-;;;;/m11..../s1. The van der Waals surface area contributed by atoms with Crippen molar-refractivity contribution in [2.24, 2.45) is 5.92 Å². The Morgan fingerprint density at radius 1 is 1.00 bits per heavy atom. The number of aliphatic hydroxyl groups excluding tert-OH is 5. The topological polar surface area (TPSA) is 257 Å². The van der Waals surface area contributed by atoms with Crippen molar-refractivity contribution in [3.8, 4) is 6.07 Å². The molecule has 2 rings (SSSR count). The minimum Gasteiger partial charge on any atom is -0.400 e. The Labute approximate surface area is 199 Å². The zero-order chi connectivity index (χ0) is 26.5. The van der Waals surface area contributed by atoms with Gasteiger partial charge in [-0.2, -0.15) is 14.8 Å². The van der Waals surface area contributed by atoms with Crippen LogP contribution in [0.25, 0.3) is 11.1 Å². The van der Waals surface area contributed by atoms with Gasteiger partial charge in [0.15, 0.2) is 11.2 Å². The number of Topliss-reactive ketones (excluding diaryl/α,β-unsaturated/α-hetero) is 2. The Hall–Kier alpha value is -2.69. The number of carbonyl (C=O) groups excluding carboxylic acids is 2. The van der Waals surface area contributed by atoms with Crippen LogP contribution in [0.15, 0.2) is 0 Å². The van der Waals surface area contributed by atoms with Gasteiger partial charge in [-0.25, -0.2) is 0 Å². The second-order valence-electron chi connectivity index (χ2n) is 6.24. The first kappa shape index (κ1) is 38.6. The molecule has 14 nitrogen and oxygen atoms in total. The quantitative estimate of drug-likeness (QED) is 0.101. The molecule has 196 valence electrons. The van der Waals surface area contributed by atoms with Gasteiger partial charge in [-0.05, 0) is 18.8 Å². The molecular formula is C20H37N5O9. The van der Waals surface area contributed by atoms with E-state index < -0.39 is 23.1 Å². The number of nitrogens with zero attached hydrogens (tertiary/aromatic N) is 5. The maximum atomic E-state index is 11.3. The van der Waals surface area contributed by atoms with E-state index in [9.17, 15) is 14.7 Å². The van der Waals surface area contributed by atoms with Gasteiger partial charge in [0.25, 0.3) is 11.6 Å². The SMILES string of the molecule is C.CC#N.CO.CO.C[C@H](CCO)[C@@]1(C(=O)C=[N+]=[N-])CO1.[N-]=[N+]=CC(=O)[C@]1([C@H](O)CCO)CO1. The van der Waals surface area contributed by atoms with E-state index >= 15 is 0 Å². The molecule has 0 bridgehead atoms. The molecule has 5 N–H and O–H groups in total. The molecule has 14 heteroatoms. The van der Waals surface area contributed by atoms with Crippen molar-refractivity contribution in [3.05, 3.63) is 11.1 Å². The molecule has 2 aliphatic rings. The predicted molar refractivity (Wildman–Crippen MR) is 120 cm³/mol. The summed E-state index contributed by atoms with van der Waals surface area (Å²) in [5.41, 5.74) is 14.2. The summed E-state index contributed by atoms with van der Waals surface area (Å²) in [6.07, 6.45) is 1.05. The Bertz CT molecular complexity index is 652. The van der Waals surface area contributed by atoms with Gasteiger partial charge < -0.3 is 46.1 Å². The summed E-state index contributed by atoms with van der Waals surface area (Å²) in [5, 5.41) is 47.9. The molecule has 4 atom stereocenters. The van der Waals surface area contributed by atoms with Crippen molar-refractivity contribution in [2.45, 2.75) is 51.4 Å². The minimum atomic E-state index is -1.28. The average Bonchev–Trinajstić information content (AvgIpc) is 3.73. The van der Waals surface area contributed by atoms with Crippen LogP contribution < -0.4 is 0 Å². The molecule has 0 aromatic carbocycles. The zero-order valence-corrected chi connectivity index (χ0v) is 19.2. The fraction of sp³-hybridized carbons (Fsp3) is 0.750. The van der Waals surface area contributed by atoms with E-state index in [2.05, 4.69) is 9.58 Å². The molecule has 0 unspecified atom stereocenters. The molecule has 2 heterocycles. The highest BCUT2D eigenvalue weighted by atomic mass is 16.6. The third kappa shape index (κ3) is 12.5. The molecule has 0 aromatic rings. The van der Waals surface area contributed by atoms with Gasteiger partial charge in [-0.1, -0.05) is 14.4 Å². The number of epoxide rings is 2. The summed E-state index contributed by atoms with van der Waals surface area (Å²) in [7, 11) is 2.00. The van der Waals surface area contributed by atoms with E-state index in [0.29, 0.717) is 19.2 Å². The lowest BCUT2D eigenvalue weighted by atomic mass is 9.88. The molecule has 0 amide bonds. The highest BCUT2D eigenvalue weighted by molar-refractivity contribution is 6.30. The Kier molecular flexibility index (Phi) is 25.1. The van der Waals surface area contributed by atoms with E-state index in [1.165, 1.54) is 6.92 Å². The van der Waals surface area contributed by atoms with Crippen LogP contribution in [0, 0.1) is 17.2 Å². The average molecular weight is 492 g/mol. The molecule has 2 fully saturated rings. The first-order valence-corrected chi connectivity index (χ1v) is 9.57. The van der Waals surface area contributed by atoms with E-state index in [1.54, 1.807) is 6.07 Å². The molecule has 0 spiro atoms. The first-order valence-electron chi connectivity index (χ1n) is 9.57. The lowest BCUT2D eigenvalue weighted by molar-refractivity contribution is -0.125. The lowest BCUT2D eigenvalue weighted by Gasteiger charge is -2.13. The van der Waals surface area contributed by atoms with Crippen molar-refractivity contribution in [3.63, 3.8) is 0 Å². The van der Waals surface area contributed by atoms with Crippen LogP contribution >= 0.6 is 0 Å². The largest absolute Gasteiger partial charge is 0.400 e. The summed E-state index contributed by atoms with van der Waals surface area (Å²) in [6.45, 7) is 3.50. The lowest BCUT2D eigenvalue weighted by Crippen LogP contribution is -2.39. The van der Waals surface area contributed by atoms with Gasteiger partial charge in [0.1, 0.15) is 0 Å². The molecule has 34 heavy (non-hydrogen) atoms. The maximum Gasteiger partial charge on any atom is 0.326 e. The summed E-state index contributed by atoms with van der Waals surface area (Å²) in [4.78, 5) is 27.7. The molecule has 2 aliphatic heterocycles. The van der Waals surface area contributed by atoms with Crippen LogP contribution in [-0.4, -0.2) is 117 Å². The van der Waals surface area contributed by atoms with Crippen LogP contribution in [0.5, 0.6) is 0 Å². The van der Waals surface area contributed by atoms with Crippen molar-refractivity contribution in [1.29, 1.82) is 5.26 Å². The fourth-order valence-electron chi connectivity index (χ4n) is 2.43. The monoisotopic (exact) mass is 491 g/mol. The van der Waals surface area contributed by atoms with Crippen molar-refractivity contribution in [2.75, 3.05) is 40.6 Å². The van der Waals surface area contributed by atoms with Crippen molar-refractivity contribution in [1.82, 2.24) is 0 Å². The van der Waals surface area contributed by atoms with Gasteiger partial charge in [0, 0.05) is 34.4 Å². The van der Waals surface area contributed by atoms with Crippen LogP contribution in [0.3, 0.4) is 0 Å². The molecule has 0 aliphatic carbocycles. The van der Waals surface area contributed by atoms with Gasteiger partial charge in [-0.15, -0.1) is 0 Å². The zero-order valence-electron chi connectivity index (χ0n) is 19.2. The number of aliphatic hydroxyl groups is 5. The normalized spacial score (nSPS) is 21.6. The van der Waals surface area contributed by atoms with Crippen LogP contribution in [0.2, 0.25) is 0 Å². The number of ether oxygens (including phenoxy) is 2. The highest BCUT2D eigenvalue weighted by Gasteiger charge is 2.58. The second kappa shape index (κ2) is 22.1. The summed E-state index contributed by atoms with van der Waals surface area (Å²) >= 11 is 0. The van der Waals surface area contributed by atoms with Gasteiger partial charge in [0.2, 0.25) is 0 Å². The molecular weight excluding hydrogens is 454 g/mol. The van der Waals surface area contributed by atoms with Crippen LogP contribution in [-0.2, 0) is 19.1 Å². The Morgan fingerprint density at radius 2 is 1.32 bits per heavy atom. The van der Waals surface area contributed by atoms with Crippen molar-refractivity contribution < 1.29 is 54.2 Å². The highest BCUT2D eigenvalue weighted by Crippen LogP contribution is 2.37. The van der Waals surface area contributed by atoms with Gasteiger partial charge in [0.05, 0.1) is 25.4 Å². The Balaban J connectivity index is -0.000000205. The van der Waals surface area contributed by atoms with E-state index in [-0.39, 0.29) is 45.4 Å². The van der Waals surface area contributed by atoms with E-state index in [0.717, 1.165) is 20.4 Å². The smallest absolute Gasteiger partial charge is 0.326 e. The molecule has 0 radical (unpaired) electrons. The van der Waals surface area contributed by atoms with E-state index in [1.807, 2.05) is 6.92 Å². The van der Waals surface area contributed by atoms with Gasteiger partial charge in [-0.3, -0.25) is 9.59 Å². The van der Waals surface area contributed by atoms with Gasteiger partial charge >= 0.3 is 12.4 Å². The third-order valence-corrected chi connectivity index (χ3v) is 4.39. The summed E-state index contributed by atoms with van der Waals surface area (Å²) < 4.78 is 9.87. The number of ketones is 2. The second-order valence-corrected chi connectivity index (χ2v) is 6.24. The van der Waals surface area contributed by atoms with Crippen LogP contribution in [0.1, 0.15) is 34.1 Å². The minimum absolute atomic E-state index is 0. The third-order valence-electron chi connectivity index (χ3n) is 4.39.